The van der Waals surface area contributed by atoms with Crippen molar-refractivity contribution in [1.29, 1.82) is 0 Å². The van der Waals surface area contributed by atoms with E-state index in [1.165, 1.54) is 17.3 Å². The third-order valence-electron chi connectivity index (χ3n) is 3.14. The fraction of sp³-hybridized carbons (Fsp3) is 0.400. The molecule has 0 saturated carbocycles. The molecular weight excluding hydrogens is 286 g/mol. The average Bonchev–Trinajstić information content (AvgIpc) is 2.88. The van der Waals surface area contributed by atoms with Crippen molar-refractivity contribution >= 4 is 17.7 Å². The van der Waals surface area contributed by atoms with Gasteiger partial charge in [-0.3, -0.25) is 9.36 Å². The standard InChI is InChI=1S/C15H19N3O2S/c1-4-13-16-17-15(21-9-14(19)20)18(13)12-7-5-6-11(8-12)10(2)3/h5-8,10H,4,9H2,1-3H3,(H,19,20). The lowest BCUT2D eigenvalue weighted by molar-refractivity contribution is -0.133. The molecule has 0 radical (unpaired) electrons. The normalized spacial score (nSPS) is 11.0. The Labute approximate surface area is 128 Å². The minimum Gasteiger partial charge on any atom is -0.481 e. The fourth-order valence-corrected chi connectivity index (χ4v) is 2.72. The smallest absolute Gasteiger partial charge is 0.313 e. The summed E-state index contributed by atoms with van der Waals surface area (Å²) in [6.45, 7) is 6.30. The lowest BCUT2D eigenvalue weighted by Gasteiger charge is -2.12. The van der Waals surface area contributed by atoms with Gasteiger partial charge >= 0.3 is 5.97 Å². The zero-order valence-corrected chi connectivity index (χ0v) is 13.2. The highest BCUT2D eigenvalue weighted by Gasteiger charge is 2.15. The van der Waals surface area contributed by atoms with Crippen LogP contribution in [0.3, 0.4) is 0 Å². The van der Waals surface area contributed by atoms with E-state index >= 15 is 0 Å². The third-order valence-corrected chi connectivity index (χ3v) is 4.05. The topological polar surface area (TPSA) is 68.0 Å². The molecule has 0 bridgehead atoms. The lowest BCUT2D eigenvalue weighted by atomic mass is 10.0. The first-order chi connectivity index (χ1) is 10.0. The van der Waals surface area contributed by atoms with E-state index in [-0.39, 0.29) is 5.75 Å². The zero-order chi connectivity index (χ0) is 15.4. The number of thioether (sulfide) groups is 1. The molecule has 1 heterocycles. The van der Waals surface area contributed by atoms with E-state index in [4.69, 9.17) is 5.11 Å². The molecule has 1 N–H and O–H groups in total. The predicted octanol–water partition coefficient (Wildman–Crippen LogP) is 3.13. The molecule has 112 valence electrons. The van der Waals surface area contributed by atoms with Crippen LogP contribution in [0, 0.1) is 0 Å². The Balaban J connectivity index is 2.43. The van der Waals surface area contributed by atoms with Crippen molar-refractivity contribution in [2.75, 3.05) is 5.75 Å². The van der Waals surface area contributed by atoms with Crippen LogP contribution < -0.4 is 0 Å². The van der Waals surface area contributed by atoms with E-state index in [0.717, 1.165) is 17.9 Å². The molecule has 2 aromatic rings. The van der Waals surface area contributed by atoms with Gasteiger partial charge in [0, 0.05) is 12.1 Å². The number of carbonyl (C=O) groups is 1. The molecule has 0 fully saturated rings. The molecule has 0 amide bonds. The highest BCUT2D eigenvalue weighted by atomic mass is 32.2. The number of aryl methyl sites for hydroxylation is 1. The van der Waals surface area contributed by atoms with Gasteiger partial charge in [-0.25, -0.2) is 0 Å². The number of rotatable bonds is 6. The highest BCUT2D eigenvalue weighted by molar-refractivity contribution is 7.99. The summed E-state index contributed by atoms with van der Waals surface area (Å²) in [5.74, 6) is 0.389. The molecule has 5 nitrogen and oxygen atoms in total. The van der Waals surface area contributed by atoms with Crippen LogP contribution in [0.2, 0.25) is 0 Å². The lowest BCUT2D eigenvalue weighted by Crippen LogP contribution is -2.05. The van der Waals surface area contributed by atoms with Crippen molar-refractivity contribution in [2.45, 2.75) is 38.3 Å². The van der Waals surface area contributed by atoms with Gasteiger partial charge in [0.15, 0.2) is 5.16 Å². The second kappa shape index (κ2) is 6.76. The van der Waals surface area contributed by atoms with Crippen molar-refractivity contribution in [1.82, 2.24) is 14.8 Å². The van der Waals surface area contributed by atoms with Gasteiger partial charge in [-0.2, -0.15) is 0 Å². The predicted molar refractivity (Wildman–Crippen MR) is 83.2 cm³/mol. The Morgan fingerprint density at radius 1 is 1.38 bits per heavy atom. The number of hydrogen-bond donors (Lipinski definition) is 1. The molecule has 0 atom stereocenters. The minimum absolute atomic E-state index is 0.0221. The number of hydrogen-bond acceptors (Lipinski definition) is 4. The van der Waals surface area contributed by atoms with E-state index in [9.17, 15) is 4.79 Å². The average molecular weight is 305 g/mol. The van der Waals surface area contributed by atoms with E-state index < -0.39 is 5.97 Å². The van der Waals surface area contributed by atoms with Gasteiger partial charge in [0.1, 0.15) is 5.82 Å². The maximum atomic E-state index is 10.8. The summed E-state index contributed by atoms with van der Waals surface area (Å²) in [6, 6.07) is 8.21. The largest absolute Gasteiger partial charge is 0.481 e. The maximum absolute atomic E-state index is 10.8. The summed E-state index contributed by atoms with van der Waals surface area (Å²) in [5.41, 5.74) is 2.22. The molecule has 1 aromatic carbocycles. The molecule has 0 aliphatic rings. The van der Waals surface area contributed by atoms with Crippen molar-refractivity contribution in [3.8, 4) is 5.69 Å². The van der Waals surface area contributed by atoms with E-state index in [2.05, 4.69) is 36.2 Å². The zero-order valence-electron chi connectivity index (χ0n) is 12.4. The number of nitrogens with zero attached hydrogens (tertiary/aromatic N) is 3. The molecule has 21 heavy (non-hydrogen) atoms. The Morgan fingerprint density at radius 2 is 2.14 bits per heavy atom. The summed E-state index contributed by atoms with van der Waals surface area (Å²) >= 11 is 1.19. The maximum Gasteiger partial charge on any atom is 0.313 e. The minimum atomic E-state index is -0.858. The van der Waals surface area contributed by atoms with Crippen LogP contribution in [0.15, 0.2) is 29.4 Å². The van der Waals surface area contributed by atoms with Crippen LogP contribution in [0.25, 0.3) is 5.69 Å². The Kier molecular flexibility index (Phi) is 5.01. The Morgan fingerprint density at radius 3 is 2.76 bits per heavy atom. The van der Waals surface area contributed by atoms with E-state index in [0.29, 0.717) is 11.1 Å². The number of carboxylic acids is 1. The number of carboxylic acid groups (broad SMARTS) is 1. The second-order valence-electron chi connectivity index (χ2n) is 5.02. The van der Waals surface area contributed by atoms with Gasteiger partial charge < -0.3 is 5.11 Å². The second-order valence-corrected chi connectivity index (χ2v) is 5.96. The van der Waals surface area contributed by atoms with Gasteiger partial charge in [-0.15, -0.1) is 10.2 Å². The summed E-state index contributed by atoms with van der Waals surface area (Å²) in [4.78, 5) is 10.8. The molecule has 1 aromatic heterocycles. The molecule has 0 aliphatic heterocycles. The van der Waals surface area contributed by atoms with Crippen molar-refractivity contribution < 1.29 is 9.90 Å². The Bertz CT molecular complexity index is 638. The molecule has 0 spiro atoms. The number of aliphatic carboxylic acids is 1. The Hall–Kier alpha value is -1.82. The number of aromatic nitrogens is 3. The van der Waals surface area contributed by atoms with Crippen LogP contribution in [0.5, 0.6) is 0 Å². The van der Waals surface area contributed by atoms with Crippen molar-refractivity contribution in [3.63, 3.8) is 0 Å². The summed E-state index contributed by atoms with van der Waals surface area (Å²) in [5, 5.41) is 17.7. The van der Waals surface area contributed by atoms with Gasteiger partial charge in [-0.05, 0) is 23.6 Å². The molecular formula is C15H19N3O2S. The quantitative estimate of drug-likeness (QED) is 0.830. The summed E-state index contributed by atoms with van der Waals surface area (Å²) in [6.07, 6.45) is 0.743. The molecule has 6 heteroatoms. The first-order valence-electron chi connectivity index (χ1n) is 6.92. The molecule has 0 aliphatic carbocycles. The summed E-state index contributed by atoms with van der Waals surface area (Å²) in [7, 11) is 0. The van der Waals surface area contributed by atoms with Crippen LogP contribution >= 0.6 is 11.8 Å². The summed E-state index contributed by atoms with van der Waals surface area (Å²) < 4.78 is 1.94. The van der Waals surface area contributed by atoms with Crippen molar-refractivity contribution in [2.24, 2.45) is 0 Å². The molecule has 0 saturated heterocycles. The van der Waals surface area contributed by atoms with Crippen molar-refractivity contribution in [3.05, 3.63) is 35.7 Å². The van der Waals surface area contributed by atoms with Gasteiger partial charge in [-0.1, -0.05) is 44.7 Å². The van der Waals surface area contributed by atoms with E-state index in [1.54, 1.807) is 0 Å². The first-order valence-corrected chi connectivity index (χ1v) is 7.90. The molecule has 0 unspecified atom stereocenters. The van der Waals surface area contributed by atoms with Gasteiger partial charge in [0.2, 0.25) is 0 Å². The van der Waals surface area contributed by atoms with E-state index in [1.807, 2.05) is 23.6 Å². The van der Waals surface area contributed by atoms with Gasteiger partial charge in [0.25, 0.3) is 0 Å². The first kappa shape index (κ1) is 15.6. The van der Waals surface area contributed by atoms with Gasteiger partial charge in [0.05, 0.1) is 5.75 Å². The van der Waals surface area contributed by atoms with Crippen LogP contribution in [0.4, 0.5) is 0 Å². The van der Waals surface area contributed by atoms with Crippen LogP contribution in [-0.2, 0) is 11.2 Å². The van der Waals surface area contributed by atoms with Crippen LogP contribution in [-0.4, -0.2) is 31.6 Å². The third kappa shape index (κ3) is 3.64. The highest BCUT2D eigenvalue weighted by Crippen LogP contribution is 2.24. The van der Waals surface area contributed by atoms with Crippen LogP contribution in [0.1, 0.15) is 38.1 Å². The molecule has 2 rings (SSSR count). The SMILES string of the molecule is CCc1nnc(SCC(=O)O)n1-c1cccc(C(C)C)c1. The number of benzene rings is 1. The fourth-order valence-electron chi connectivity index (χ4n) is 2.03. The monoisotopic (exact) mass is 305 g/mol.